The number of anilines is 2. The van der Waals surface area contributed by atoms with E-state index in [1.54, 1.807) is 23.1 Å². The molecule has 2 heterocycles. The van der Waals surface area contributed by atoms with E-state index in [1.807, 2.05) is 30.3 Å². The standard InChI is InChI=1S/C13H12N4S2/c1-2-5-10(6-3-1)14-13-15-11(16-17-13)9-19-12-7-4-8-18-12/h1-8H,9H2,(H2,14,15,16,17). The minimum absolute atomic E-state index is 0.674. The molecule has 2 N–H and O–H groups in total. The normalized spacial score (nSPS) is 10.5. The Morgan fingerprint density at radius 3 is 2.79 bits per heavy atom. The zero-order valence-corrected chi connectivity index (χ0v) is 11.7. The summed E-state index contributed by atoms with van der Waals surface area (Å²) in [7, 11) is 0. The number of benzene rings is 1. The highest BCUT2D eigenvalue weighted by molar-refractivity contribution is 8.00. The predicted molar refractivity (Wildman–Crippen MR) is 80.0 cm³/mol. The van der Waals surface area contributed by atoms with E-state index in [1.165, 1.54) is 4.21 Å². The molecule has 1 aromatic carbocycles. The Morgan fingerprint density at radius 2 is 2.00 bits per heavy atom. The minimum Gasteiger partial charge on any atom is -0.324 e. The van der Waals surface area contributed by atoms with E-state index in [0.717, 1.165) is 17.3 Å². The topological polar surface area (TPSA) is 53.6 Å². The molecule has 96 valence electrons. The maximum absolute atomic E-state index is 4.13. The second kappa shape index (κ2) is 5.90. The first kappa shape index (κ1) is 12.3. The molecule has 4 nitrogen and oxygen atoms in total. The van der Waals surface area contributed by atoms with Crippen LogP contribution in [0.1, 0.15) is 5.82 Å². The van der Waals surface area contributed by atoms with Gasteiger partial charge in [-0.3, -0.25) is 0 Å². The van der Waals surface area contributed by atoms with Gasteiger partial charge in [0.25, 0.3) is 0 Å². The fourth-order valence-corrected chi connectivity index (χ4v) is 3.21. The summed E-state index contributed by atoms with van der Waals surface area (Å²) in [6.45, 7) is 0. The third-order valence-corrected chi connectivity index (χ3v) is 4.56. The van der Waals surface area contributed by atoms with Crippen LogP contribution in [0.25, 0.3) is 0 Å². The van der Waals surface area contributed by atoms with E-state index in [4.69, 9.17) is 0 Å². The van der Waals surface area contributed by atoms with Crippen molar-refractivity contribution >= 4 is 34.7 Å². The van der Waals surface area contributed by atoms with Gasteiger partial charge in [-0.05, 0) is 23.6 Å². The Kier molecular flexibility index (Phi) is 3.81. The molecule has 0 atom stereocenters. The van der Waals surface area contributed by atoms with Gasteiger partial charge < -0.3 is 10.3 Å². The number of nitrogens with zero attached hydrogens (tertiary/aromatic N) is 2. The molecular weight excluding hydrogens is 276 g/mol. The van der Waals surface area contributed by atoms with Crippen molar-refractivity contribution in [2.45, 2.75) is 9.96 Å². The number of rotatable bonds is 5. The molecule has 0 bridgehead atoms. The molecular formula is C13H12N4S2. The van der Waals surface area contributed by atoms with Crippen molar-refractivity contribution in [2.24, 2.45) is 0 Å². The van der Waals surface area contributed by atoms with E-state index in [9.17, 15) is 0 Å². The van der Waals surface area contributed by atoms with Crippen LogP contribution in [0.5, 0.6) is 0 Å². The van der Waals surface area contributed by atoms with Crippen LogP contribution in [-0.4, -0.2) is 15.2 Å². The van der Waals surface area contributed by atoms with E-state index >= 15 is 0 Å². The van der Waals surface area contributed by atoms with E-state index in [-0.39, 0.29) is 0 Å². The van der Waals surface area contributed by atoms with Crippen LogP contribution in [-0.2, 0) is 5.75 Å². The van der Waals surface area contributed by atoms with Crippen LogP contribution >= 0.6 is 23.1 Å². The fourth-order valence-electron chi connectivity index (χ4n) is 1.56. The number of para-hydroxylation sites is 1. The average Bonchev–Trinajstić information content (AvgIpc) is 3.09. The van der Waals surface area contributed by atoms with Gasteiger partial charge in [0.15, 0.2) is 0 Å². The molecule has 0 saturated carbocycles. The molecule has 0 saturated heterocycles. The third kappa shape index (κ3) is 3.36. The second-order valence-corrected chi connectivity index (χ2v) is 6.06. The van der Waals surface area contributed by atoms with Gasteiger partial charge in [0, 0.05) is 5.69 Å². The van der Waals surface area contributed by atoms with Gasteiger partial charge in [-0.25, -0.2) is 0 Å². The van der Waals surface area contributed by atoms with Gasteiger partial charge in [0.1, 0.15) is 5.82 Å². The number of H-pyrrole nitrogens is 1. The molecule has 0 spiro atoms. The number of nitrogens with one attached hydrogen (secondary N) is 2. The average molecular weight is 288 g/mol. The summed E-state index contributed by atoms with van der Waals surface area (Å²) in [5.41, 5.74) is 0.996. The number of hydrogen-bond acceptors (Lipinski definition) is 5. The van der Waals surface area contributed by atoms with Crippen molar-refractivity contribution in [1.82, 2.24) is 15.2 Å². The molecule has 19 heavy (non-hydrogen) atoms. The van der Waals surface area contributed by atoms with Crippen molar-refractivity contribution in [3.63, 3.8) is 0 Å². The first-order valence-electron chi connectivity index (χ1n) is 5.80. The Bertz CT molecular complexity index is 619. The predicted octanol–water partition coefficient (Wildman–Crippen LogP) is 3.90. The second-order valence-electron chi connectivity index (χ2n) is 3.83. The molecule has 6 heteroatoms. The highest BCUT2D eigenvalue weighted by atomic mass is 32.2. The van der Waals surface area contributed by atoms with Crippen LogP contribution in [0.3, 0.4) is 0 Å². The molecule has 0 fully saturated rings. The number of aromatic amines is 1. The van der Waals surface area contributed by atoms with Crippen LogP contribution < -0.4 is 5.32 Å². The van der Waals surface area contributed by atoms with Gasteiger partial charge >= 0.3 is 0 Å². The molecule has 2 aromatic heterocycles. The zero-order chi connectivity index (χ0) is 12.9. The first-order chi connectivity index (χ1) is 9.40. The molecule has 0 aliphatic rings. The van der Waals surface area contributed by atoms with Gasteiger partial charge in [-0.1, -0.05) is 24.3 Å². The Labute approximate surface area is 119 Å². The smallest absolute Gasteiger partial charge is 0.226 e. The van der Waals surface area contributed by atoms with Crippen molar-refractivity contribution < 1.29 is 0 Å². The summed E-state index contributed by atoms with van der Waals surface area (Å²) in [5.74, 6) is 2.34. The van der Waals surface area contributed by atoms with Crippen LogP contribution in [0.15, 0.2) is 52.1 Å². The lowest BCUT2D eigenvalue weighted by Crippen LogP contribution is -1.91. The molecule has 3 aromatic rings. The number of aromatic nitrogens is 3. The lowest BCUT2D eigenvalue weighted by Gasteiger charge is -2.00. The number of thioether (sulfide) groups is 1. The maximum Gasteiger partial charge on any atom is 0.226 e. The molecule has 0 unspecified atom stereocenters. The Balaban J connectivity index is 1.60. The molecule has 3 rings (SSSR count). The van der Waals surface area contributed by atoms with E-state index < -0.39 is 0 Å². The summed E-state index contributed by atoms with van der Waals surface area (Å²) in [4.78, 5) is 3.17. The van der Waals surface area contributed by atoms with Crippen LogP contribution in [0.2, 0.25) is 0 Å². The largest absolute Gasteiger partial charge is 0.324 e. The van der Waals surface area contributed by atoms with Crippen molar-refractivity contribution in [2.75, 3.05) is 5.32 Å². The van der Waals surface area contributed by atoms with Gasteiger partial charge in [-0.2, -0.15) is 0 Å². The van der Waals surface area contributed by atoms with Gasteiger partial charge in [0.2, 0.25) is 5.95 Å². The van der Waals surface area contributed by atoms with Gasteiger partial charge in [0.05, 0.1) is 9.96 Å². The lowest BCUT2D eigenvalue weighted by molar-refractivity contribution is 1.03. The van der Waals surface area contributed by atoms with E-state index in [0.29, 0.717) is 5.95 Å². The van der Waals surface area contributed by atoms with Crippen molar-refractivity contribution in [1.29, 1.82) is 0 Å². The van der Waals surface area contributed by atoms with Crippen molar-refractivity contribution in [3.8, 4) is 0 Å². The molecule has 0 aliphatic heterocycles. The first-order valence-corrected chi connectivity index (χ1v) is 7.66. The monoisotopic (exact) mass is 288 g/mol. The van der Waals surface area contributed by atoms with Crippen LogP contribution in [0, 0.1) is 0 Å². The minimum atomic E-state index is 0.674. The Morgan fingerprint density at radius 1 is 1.11 bits per heavy atom. The molecule has 0 amide bonds. The lowest BCUT2D eigenvalue weighted by atomic mass is 10.3. The quantitative estimate of drug-likeness (QED) is 0.699. The molecule has 0 aliphatic carbocycles. The summed E-state index contributed by atoms with van der Waals surface area (Å²) < 4.78 is 1.29. The summed E-state index contributed by atoms with van der Waals surface area (Å²) in [6.07, 6.45) is 0. The fraction of sp³-hybridized carbons (Fsp3) is 0.0769. The van der Waals surface area contributed by atoms with Gasteiger partial charge in [-0.15, -0.1) is 33.3 Å². The summed E-state index contributed by atoms with van der Waals surface area (Å²) in [5, 5.41) is 13.5. The van der Waals surface area contributed by atoms with Crippen LogP contribution in [0.4, 0.5) is 11.6 Å². The Hall–Kier alpha value is -1.79. The highest BCUT2D eigenvalue weighted by Crippen LogP contribution is 2.26. The highest BCUT2D eigenvalue weighted by Gasteiger charge is 2.04. The maximum atomic E-state index is 4.13. The zero-order valence-electron chi connectivity index (χ0n) is 10.0. The molecule has 0 radical (unpaired) electrons. The summed E-state index contributed by atoms with van der Waals surface area (Å²) in [6, 6.07) is 14.1. The third-order valence-electron chi connectivity index (χ3n) is 2.42. The number of thiophene rings is 1. The van der Waals surface area contributed by atoms with Crippen molar-refractivity contribution in [3.05, 3.63) is 53.7 Å². The summed E-state index contributed by atoms with van der Waals surface area (Å²) >= 11 is 3.49. The van der Waals surface area contributed by atoms with E-state index in [2.05, 4.69) is 38.0 Å². The number of hydrogen-bond donors (Lipinski definition) is 2. The SMILES string of the molecule is c1ccc(Nc2nnc(CSc3cccs3)[nH]2)cc1.